The number of hydrogen-bond donors (Lipinski definition) is 0. The molecule has 2 heterocycles. The van der Waals surface area contributed by atoms with Gasteiger partial charge in [-0.1, -0.05) is 24.0 Å². The van der Waals surface area contributed by atoms with Crippen molar-refractivity contribution in [2.75, 3.05) is 40.7 Å². The van der Waals surface area contributed by atoms with E-state index in [2.05, 4.69) is 16.7 Å². The average molecular weight is 423 g/mol. The molecule has 1 atom stereocenters. The Hall–Kier alpha value is -3.37. The highest BCUT2D eigenvalue weighted by Crippen LogP contribution is 2.49. The number of rotatable bonds is 5. The summed E-state index contributed by atoms with van der Waals surface area (Å²) in [5.74, 6) is 8.45. The van der Waals surface area contributed by atoms with Gasteiger partial charge in [0.25, 0.3) is 0 Å². The Balaban J connectivity index is 1.56. The maximum atomic E-state index is 12.1. The van der Waals surface area contributed by atoms with Gasteiger partial charge in [-0.3, -0.25) is 4.90 Å². The Morgan fingerprint density at radius 1 is 1.29 bits per heavy atom. The van der Waals surface area contributed by atoms with E-state index in [0.29, 0.717) is 35.2 Å². The van der Waals surface area contributed by atoms with Crippen LogP contribution in [0, 0.1) is 11.8 Å². The highest BCUT2D eigenvalue weighted by atomic mass is 16.7. The van der Waals surface area contributed by atoms with E-state index in [-0.39, 0.29) is 19.4 Å². The Kier molecular flexibility index (Phi) is 6.19. The molecule has 0 aliphatic carbocycles. The standard InChI is InChI=1S/C24H25NO6/c1-4-28-24(26)17-8-5-6-10-19(17)29-13-7-9-18-21-16(11-12-25(18)2)14-20-22(23(21)27-3)31-15-30-20/h5-6,8,10,14,18H,4,11-13,15H2,1-3H3. The van der Waals surface area contributed by atoms with Crippen LogP contribution in [0.4, 0.5) is 0 Å². The van der Waals surface area contributed by atoms with E-state index in [1.54, 1.807) is 32.2 Å². The van der Waals surface area contributed by atoms with Crippen LogP contribution in [0.25, 0.3) is 0 Å². The normalized spacial score (nSPS) is 16.7. The van der Waals surface area contributed by atoms with Gasteiger partial charge < -0.3 is 23.7 Å². The van der Waals surface area contributed by atoms with Crippen molar-refractivity contribution in [1.29, 1.82) is 0 Å². The van der Waals surface area contributed by atoms with Gasteiger partial charge in [0.2, 0.25) is 12.5 Å². The van der Waals surface area contributed by atoms with Crippen molar-refractivity contribution < 1.29 is 28.5 Å². The molecule has 162 valence electrons. The fourth-order valence-electron chi connectivity index (χ4n) is 3.84. The lowest BCUT2D eigenvalue weighted by atomic mass is 9.91. The number of nitrogens with zero attached hydrogens (tertiary/aromatic N) is 1. The average Bonchev–Trinajstić information content (AvgIpc) is 3.25. The fourth-order valence-corrected chi connectivity index (χ4v) is 3.84. The summed E-state index contributed by atoms with van der Waals surface area (Å²) in [6, 6.07) is 8.85. The van der Waals surface area contributed by atoms with Crippen molar-refractivity contribution in [3.63, 3.8) is 0 Å². The van der Waals surface area contributed by atoms with Crippen LogP contribution < -0.4 is 18.9 Å². The van der Waals surface area contributed by atoms with Crippen LogP contribution in [0.1, 0.15) is 34.5 Å². The number of hydrogen-bond acceptors (Lipinski definition) is 7. The summed E-state index contributed by atoms with van der Waals surface area (Å²) in [6.45, 7) is 3.27. The molecule has 0 fully saturated rings. The summed E-state index contributed by atoms with van der Waals surface area (Å²) in [5, 5.41) is 0. The van der Waals surface area contributed by atoms with Gasteiger partial charge in [0.05, 0.1) is 13.7 Å². The smallest absolute Gasteiger partial charge is 0.341 e. The van der Waals surface area contributed by atoms with Gasteiger partial charge in [0, 0.05) is 12.1 Å². The maximum Gasteiger partial charge on any atom is 0.341 e. The largest absolute Gasteiger partial charge is 0.492 e. The third kappa shape index (κ3) is 4.12. The SMILES string of the molecule is CCOC(=O)c1ccccc1OCC#CC1c2c(cc3c(c2OC)OCO3)CCN1C. The molecule has 2 aliphatic rings. The third-order valence-corrected chi connectivity index (χ3v) is 5.32. The Morgan fingerprint density at radius 3 is 2.94 bits per heavy atom. The molecule has 1 unspecified atom stereocenters. The monoisotopic (exact) mass is 423 g/mol. The van der Waals surface area contributed by atoms with Crippen LogP contribution in [-0.4, -0.2) is 51.6 Å². The molecule has 0 saturated carbocycles. The Morgan fingerprint density at radius 2 is 2.13 bits per heavy atom. The molecule has 0 spiro atoms. The minimum Gasteiger partial charge on any atom is -0.492 e. The quantitative estimate of drug-likeness (QED) is 0.540. The zero-order chi connectivity index (χ0) is 21.8. The van der Waals surface area contributed by atoms with Crippen molar-refractivity contribution in [2.24, 2.45) is 0 Å². The number of methoxy groups -OCH3 is 1. The summed E-state index contributed by atoms with van der Waals surface area (Å²) in [6.07, 6.45) is 0.875. The minimum absolute atomic E-state index is 0.142. The van der Waals surface area contributed by atoms with Gasteiger partial charge >= 0.3 is 5.97 Å². The Bertz CT molecular complexity index is 1040. The zero-order valence-electron chi connectivity index (χ0n) is 17.9. The van der Waals surface area contributed by atoms with Crippen molar-refractivity contribution in [3.05, 3.63) is 47.0 Å². The van der Waals surface area contributed by atoms with Crippen LogP contribution in [-0.2, 0) is 11.2 Å². The summed E-state index contributed by atoms with van der Waals surface area (Å²) >= 11 is 0. The molecule has 0 aromatic heterocycles. The van der Waals surface area contributed by atoms with Gasteiger partial charge in [0.15, 0.2) is 11.5 Å². The van der Waals surface area contributed by atoms with Crippen LogP contribution in [0.3, 0.4) is 0 Å². The molecule has 31 heavy (non-hydrogen) atoms. The summed E-state index contributed by atoms with van der Waals surface area (Å²) in [5.41, 5.74) is 2.53. The molecule has 2 aliphatic heterocycles. The van der Waals surface area contributed by atoms with E-state index >= 15 is 0 Å². The molecular formula is C24H25NO6. The Labute approximate surface area is 181 Å². The molecule has 0 amide bonds. The van der Waals surface area contributed by atoms with Gasteiger partial charge in [-0.15, -0.1) is 0 Å². The lowest BCUT2D eigenvalue weighted by molar-refractivity contribution is 0.0522. The van der Waals surface area contributed by atoms with Crippen LogP contribution in [0.2, 0.25) is 0 Å². The summed E-state index contributed by atoms with van der Waals surface area (Å²) in [4.78, 5) is 14.3. The number of carbonyl (C=O) groups is 1. The van der Waals surface area contributed by atoms with Gasteiger partial charge in [-0.05, 0) is 44.2 Å². The number of benzene rings is 2. The molecule has 0 saturated heterocycles. The van der Waals surface area contributed by atoms with E-state index in [4.69, 9.17) is 23.7 Å². The van der Waals surface area contributed by atoms with Crippen LogP contribution in [0.15, 0.2) is 30.3 Å². The first-order valence-electron chi connectivity index (χ1n) is 10.2. The van der Waals surface area contributed by atoms with E-state index in [1.165, 1.54) is 0 Å². The first-order chi connectivity index (χ1) is 15.1. The van der Waals surface area contributed by atoms with E-state index in [9.17, 15) is 4.79 Å². The molecule has 4 rings (SSSR count). The second-order valence-electron chi connectivity index (χ2n) is 7.18. The van der Waals surface area contributed by atoms with E-state index in [0.717, 1.165) is 24.1 Å². The van der Waals surface area contributed by atoms with Gasteiger partial charge in [-0.2, -0.15) is 0 Å². The number of esters is 1. The number of para-hydroxylation sites is 1. The molecular weight excluding hydrogens is 398 g/mol. The van der Waals surface area contributed by atoms with Crippen LogP contribution >= 0.6 is 0 Å². The van der Waals surface area contributed by atoms with Gasteiger partial charge in [0.1, 0.15) is 24.0 Å². The lowest BCUT2D eigenvalue weighted by Crippen LogP contribution is -2.31. The molecule has 2 aromatic carbocycles. The number of ether oxygens (including phenoxy) is 5. The molecule has 0 radical (unpaired) electrons. The zero-order valence-corrected chi connectivity index (χ0v) is 17.9. The highest BCUT2D eigenvalue weighted by molar-refractivity contribution is 5.92. The second-order valence-corrected chi connectivity index (χ2v) is 7.18. The number of fused-ring (bicyclic) bond motifs is 2. The summed E-state index contributed by atoms with van der Waals surface area (Å²) in [7, 11) is 3.66. The van der Waals surface area contributed by atoms with E-state index < -0.39 is 5.97 Å². The highest BCUT2D eigenvalue weighted by Gasteiger charge is 2.33. The van der Waals surface area contributed by atoms with Crippen LogP contribution in [0.5, 0.6) is 23.0 Å². The third-order valence-electron chi connectivity index (χ3n) is 5.32. The van der Waals surface area contributed by atoms with Crippen molar-refractivity contribution in [1.82, 2.24) is 4.90 Å². The van der Waals surface area contributed by atoms with Crippen molar-refractivity contribution in [2.45, 2.75) is 19.4 Å². The molecule has 0 bridgehead atoms. The molecule has 7 nitrogen and oxygen atoms in total. The van der Waals surface area contributed by atoms with Crippen molar-refractivity contribution >= 4 is 5.97 Å². The summed E-state index contributed by atoms with van der Waals surface area (Å²) < 4.78 is 27.7. The first kappa shape index (κ1) is 20.9. The first-order valence-corrected chi connectivity index (χ1v) is 10.2. The molecule has 7 heteroatoms. The van der Waals surface area contributed by atoms with E-state index in [1.807, 2.05) is 19.2 Å². The maximum absolute atomic E-state index is 12.1. The molecule has 0 N–H and O–H groups in total. The number of carbonyl (C=O) groups excluding carboxylic acids is 1. The lowest BCUT2D eigenvalue weighted by Gasteiger charge is -2.32. The predicted molar refractivity (Wildman–Crippen MR) is 114 cm³/mol. The van der Waals surface area contributed by atoms with Crippen molar-refractivity contribution in [3.8, 4) is 34.8 Å². The topological polar surface area (TPSA) is 66.5 Å². The minimum atomic E-state index is -0.409. The fraction of sp³-hybridized carbons (Fsp3) is 0.375. The molecule has 2 aromatic rings. The van der Waals surface area contributed by atoms with Gasteiger partial charge in [-0.25, -0.2) is 4.79 Å². The second kappa shape index (κ2) is 9.19. The number of likely N-dealkylation sites (N-methyl/N-ethyl adjacent to an activating group) is 1. The predicted octanol–water partition coefficient (Wildman–Crippen LogP) is 3.21.